The van der Waals surface area contributed by atoms with Crippen LogP contribution in [0.25, 0.3) is 0 Å². The molecule has 0 aliphatic rings. The lowest BCUT2D eigenvalue weighted by Gasteiger charge is -2.23. The molecule has 2 aromatic rings. The van der Waals surface area contributed by atoms with Crippen molar-refractivity contribution in [3.05, 3.63) is 45.6 Å². The highest BCUT2D eigenvalue weighted by Gasteiger charge is 2.19. The maximum absolute atomic E-state index is 11.7. The van der Waals surface area contributed by atoms with Gasteiger partial charge in [-0.2, -0.15) is 0 Å². The summed E-state index contributed by atoms with van der Waals surface area (Å²) in [5.41, 5.74) is 0.645. The fraction of sp³-hybridized carbons (Fsp3) is 0.333. The van der Waals surface area contributed by atoms with Crippen LogP contribution >= 0.6 is 22.9 Å². The van der Waals surface area contributed by atoms with Crippen molar-refractivity contribution in [3.63, 3.8) is 0 Å². The highest BCUT2D eigenvalue weighted by atomic mass is 35.5. The van der Waals surface area contributed by atoms with Crippen LogP contribution in [0, 0.1) is 5.92 Å². The second kappa shape index (κ2) is 6.38. The second-order valence-electron chi connectivity index (χ2n) is 5.30. The molecule has 6 heteroatoms. The lowest BCUT2D eigenvalue weighted by Crippen LogP contribution is -2.16. The molecule has 114 valence electrons. The van der Waals surface area contributed by atoms with Gasteiger partial charge in [0.25, 0.3) is 0 Å². The van der Waals surface area contributed by atoms with E-state index in [9.17, 15) is 8.42 Å². The topological polar surface area (TPSA) is 46.2 Å². The minimum absolute atomic E-state index is 0.0947. The first-order valence-corrected chi connectivity index (χ1v) is 9.73. The lowest BCUT2D eigenvalue weighted by atomic mass is 10.0. The SMILES string of the molecule is CC(C)C(Nc1cc(S(C)(=O)=O)ccc1Cl)c1cccs1. The molecule has 0 spiro atoms. The van der Waals surface area contributed by atoms with Crippen LogP contribution < -0.4 is 5.32 Å². The zero-order valence-corrected chi connectivity index (χ0v) is 14.5. The Morgan fingerprint density at radius 3 is 2.48 bits per heavy atom. The van der Waals surface area contributed by atoms with Crippen molar-refractivity contribution in [1.82, 2.24) is 0 Å². The molecule has 0 fully saturated rings. The quantitative estimate of drug-likeness (QED) is 0.862. The molecule has 3 nitrogen and oxygen atoms in total. The molecule has 0 saturated carbocycles. The molecule has 0 aliphatic heterocycles. The molecule has 21 heavy (non-hydrogen) atoms. The van der Waals surface area contributed by atoms with Crippen molar-refractivity contribution in [3.8, 4) is 0 Å². The monoisotopic (exact) mass is 343 g/mol. The van der Waals surface area contributed by atoms with E-state index in [1.54, 1.807) is 23.5 Å². The molecule has 1 heterocycles. The molecule has 0 radical (unpaired) electrons. The van der Waals surface area contributed by atoms with Gasteiger partial charge >= 0.3 is 0 Å². The van der Waals surface area contributed by atoms with Crippen LogP contribution in [0.15, 0.2) is 40.6 Å². The van der Waals surface area contributed by atoms with E-state index in [0.717, 1.165) is 0 Å². The number of hydrogen-bond acceptors (Lipinski definition) is 4. The molecule has 0 saturated heterocycles. The van der Waals surface area contributed by atoms with Gasteiger partial charge in [0.05, 0.1) is 21.6 Å². The van der Waals surface area contributed by atoms with Crippen LogP contribution in [-0.2, 0) is 9.84 Å². The maximum atomic E-state index is 11.7. The van der Waals surface area contributed by atoms with Gasteiger partial charge in [0.2, 0.25) is 0 Å². The minimum Gasteiger partial charge on any atom is -0.376 e. The first-order valence-electron chi connectivity index (χ1n) is 6.58. The number of halogens is 1. The molecule has 1 N–H and O–H groups in total. The number of anilines is 1. The molecule has 1 aromatic heterocycles. The summed E-state index contributed by atoms with van der Waals surface area (Å²) in [5.74, 6) is 0.349. The van der Waals surface area contributed by atoms with Gasteiger partial charge in [0.1, 0.15) is 0 Å². The minimum atomic E-state index is -3.25. The van der Waals surface area contributed by atoms with Gasteiger partial charge in [-0.1, -0.05) is 31.5 Å². The lowest BCUT2D eigenvalue weighted by molar-refractivity contribution is 0.553. The fourth-order valence-corrected chi connectivity index (χ4v) is 3.82. The van der Waals surface area contributed by atoms with Gasteiger partial charge in [-0.3, -0.25) is 0 Å². The van der Waals surface area contributed by atoms with Gasteiger partial charge in [0.15, 0.2) is 9.84 Å². The summed E-state index contributed by atoms with van der Waals surface area (Å²) in [6.07, 6.45) is 1.19. The average molecular weight is 344 g/mol. The van der Waals surface area contributed by atoms with E-state index >= 15 is 0 Å². The largest absolute Gasteiger partial charge is 0.376 e. The predicted octanol–water partition coefficient (Wildman–Crippen LogP) is 4.61. The Kier molecular flexibility index (Phi) is 4.96. The first kappa shape index (κ1) is 16.3. The van der Waals surface area contributed by atoms with E-state index in [1.807, 2.05) is 11.4 Å². The van der Waals surface area contributed by atoms with Crippen molar-refractivity contribution in [2.24, 2.45) is 5.92 Å². The van der Waals surface area contributed by atoms with Crippen LogP contribution in [0.2, 0.25) is 5.02 Å². The normalized spacial score (nSPS) is 13.4. The first-order chi connectivity index (χ1) is 9.79. The van der Waals surface area contributed by atoms with Gasteiger partial charge in [-0.15, -0.1) is 11.3 Å². The summed E-state index contributed by atoms with van der Waals surface area (Å²) in [7, 11) is -3.25. The van der Waals surface area contributed by atoms with Gasteiger partial charge in [-0.05, 0) is 35.6 Å². The number of rotatable bonds is 5. The molecule has 1 atom stereocenters. The van der Waals surface area contributed by atoms with E-state index in [0.29, 0.717) is 16.6 Å². The summed E-state index contributed by atoms with van der Waals surface area (Å²) in [6, 6.07) is 8.91. The number of nitrogens with one attached hydrogen (secondary N) is 1. The second-order valence-corrected chi connectivity index (χ2v) is 8.70. The highest BCUT2D eigenvalue weighted by molar-refractivity contribution is 7.90. The summed E-state index contributed by atoms with van der Waals surface area (Å²) < 4.78 is 23.4. The standard InChI is InChI=1S/C15H18ClNO2S2/c1-10(2)15(14-5-4-8-20-14)17-13-9-11(21(3,18)19)6-7-12(13)16/h4-10,15,17H,1-3H3. The van der Waals surface area contributed by atoms with Crippen molar-refractivity contribution in [1.29, 1.82) is 0 Å². The van der Waals surface area contributed by atoms with Crippen molar-refractivity contribution in [2.75, 3.05) is 11.6 Å². The van der Waals surface area contributed by atoms with Crippen LogP contribution in [0.1, 0.15) is 24.8 Å². The van der Waals surface area contributed by atoms with Crippen LogP contribution in [-0.4, -0.2) is 14.7 Å². The Labute approximate surface area is 134 Å². The third-order valence-electron chi connectivity index (χ3n) is 3.19. The predicted molar refractivity (Wildman–Crippen MR) is 90.1 cm³/mol. The number of hydrogen-bond donors (Lipinski definition) is 1. The summed E-state index contributed by atoms with van der Waals surface area (Å²) in [6.45, 7) is 4.23. The van der Waals surface area contributed by atoms with Crippen LogP contribution in [0.5, 0.6) is 0 Å². The Morgan fingerprint density at radius 1 is 1.24 bits per heavy atom. The Morgan fingerprint density at radius 2 is 1.95 bits per heavy atom. The third kappa shape index (κ3) is 3.99. The van der Waals surface area contributed by atoms with Crippen molar-refractivity contribution < 1.29 is 8.42 Å². The zero-order valence-electron chi connectivity index (χ0n) is 12.1. The highest BCUT2D eigenvalue weighted by Crippen LogP contribution is 2.33. The molecule has 0 bridgehead atoms. The molecular formula is C15H18ClNO2S2. The Hall–Kier alpha value is -1.04. The fourth-order valence-electron chi connectivity index (χ4n) is 2.05. The Balaban J connectivity index is 2.37. The molecule has 1 aromatic carbocycles. The zero-order chi connectivity index (χ0) is 15.6. The number of sulfone groups is 1. The Bertz CT molecular complexity index is 709. The number of benzene rings is 1. The molecule has 0 aliphatic carbocycles. The molecule has 2 rings (SSSR count). The smallest absolute Gasteiger partial charge is 0.175 e. The molecular weight excluding hydrogens is 326 g/mol. The summed E-state index contributed by atoms with van der Waals surface area (Å²) >= 11 is 7.87. The van der Waals surface area contributed by atoms with Gasteiger partial charge in [0, 0.05) is 11.1 Å². The van der Waals surface area contributed by atoms with E-state index in [1.165, 1.54) is 17.2 Å². The van der Waals surface area contributed by atoms with E-state index < -0.39 is 9.84 Å². The van der Waals surface area contributed by atoms with Gasteiger partial charge in [-0.25, -0.2) is 8.42 Å². The van der Waals surface area contributed by atoms with E-state index in [2.05, 4.69) is 25.2 Å². The maximum Gasteiger partial charge on any atom is 0.175 e. The van der Waals surface area contributed by atoms with E-state index in [-0.39, 0.29) is 10.9 Å². The van der Waals surface area contributed by atoms with Crippen molar-refractivity contribution in [2.45, 2.75) is 24.8 Å². The van der Waals surface area contributed by atoms with Gasteiger partial charge < -0.3 is 5.32 Å². The van der Waals surface area contributed by atoms with Crippen molar-refractivity contribution >= 4 is 38.5 Å². The van der Waals surface area contributed by atoms with Crippen LogP contribution in [0.3, 0.4) is 0 Å². The number of thiophene rings is 1. The van der Waals surface area contributed by atoms with E-state index in [4.69, 9.17) is 11.6 Å². The summed E-state index contributed by atoms with van der Waals surface area (Å²) in [4.78, 5) is 1.47. The molecule has 1 unspecified atom stereocenters. The average Bonchev–Trinajstić information content (AvgIpc) is 2.89. The summed E-state index contributed by atoms with van der Waals surface area (Å²) in [5, 5.41) is 5.92. The third-order valence-corrected chi connectivity index (χ3v) is 5.59. The molecule has 0 amide bonds. The van der Waals surface area contributed by atoms with Crippen LogP contribution in [0.4, 0.5) is 5.69 Å².